The lowest BCUT2D eigenvalue weighted by Gasteiger charge is -2.07. The molecule has 0 aliphatic rings. The summed E-state index contributed by atoms with van der Waals surface area (Å²) in [6.07, 6.45) is 1.47. The van der Waals surface area contributed by atoms with Gasteiger partial charge in [0.25, 0.3) is 0 Å². The first-order valence-electron chi connectivity index (χ1n) is 5.82. The lowest BCUT2D eigenvalue weighted by atomic mass is 10.0. The third-order valence-corrected chi connectivity index (χ3v) is 2.96. The topological polar surface area (TPSA) is 94.6 Å². The van der Waals surface area contributed by atoms with E-state index >= 15 is 0 Å². The van der Waals surface area contributed by atoms with Gasteiger partial charge in [0.05, 0.1) is 12.7 Å². The zero-order valence-electron chi connectivity index (χ0n) is 11.1. The van der Waals surface area contributed by atoms with Crippen LogP contribution >= 0.6 is 0 Å². The van der Waals surface area contributed by atoms with Crippen molar-refractivity contribution in [2.45, 2.75) is 0 Å². The maximum absolute atomic E-state index is 12.4. The highest BCUT2D eigenvalue weighted by molar-refractivity contribution is 6.11. The zero-order valence-corrected chi connectivity index (χ0v) is 11.1. The Labute approximate surface area is 115 Å². The van der Waals surface area contributed by atoms with Crippen molar-refractivity contribution in [1.29, 1.82) is 0 Å². The van der Waals surface area contributed by atoms with E-state index < -0.39 is 5.97 Å². The second-order valence-corrected chi connectivity index (χ2v) is 4.32. The van der Waals surface area contributed by atoms with Crippen molar-refractivity contribution in [1.82, 2.24) is 4.57 Å². The fourth-order valence-electron chi connectivity index (χ4n) is 1.95. The average Bonchev–Trinajstić information content (AvgIpc) is 2.80. The molecule has 0 amide bonds. The molecule has 1 aromatic heterocycles. The predicted octanol–water partition coefficient (Wildman–Crippen LogP) is 1.55. The van der Waals surface area contributed by atoms with Crippen LogP contribution in [0.4, 0.5) is 5.69 Å². The Bertz CT molecular complexity index is 688. The summed E-state index contributed by atoms with van der Waals surface area (Å²) in [5.74, 6) is -1.04. The van der Waals surface area contributed by atoms with Crippen LogP contribution in [-0.2, 0) is 7.05 Å². The van der Waals surface area contributed by atoms with Crippen molar-refractivity contribution < 1.29 is 19.4 Å². The standard InChI is InChI=1S/C14H14N2O4/c1-16-7-8(5-11(16)14(18)19)13(17)10-4-3-9(15)6-12(10)20-2/h3-7H,15H2,1-2H3,(H,18,19). The van der Waals surface area contributed by atoms with Gasteiger partial charge in [-0.3, -0.25) is 4.79 Å². The van der Waals surface area contributed by atoms with Crippen LogP contribution in [0, 0.1) is 0 Å². The van der Waals surface area contributed by atoms with Gasteiger partial charge in [-0.15, -0.1) is 0 Å². The fourth-order valence-corrected chi connectivity index (χ4v) is 1.95. The Balaban J connectivity index is 2.46. The smallest absolute Gasteiger partial charge is 0.352 e. The van der Waals surface area contributed by atoms with Crippen LogP contribution in [0.25, 0.3) is 0 Å². The second kappa shape index (κ2) is 5.08. The van der Waals surface area contributed by atoms with Gasteiger partial charge in [0.2, 0.25) is 0 Å². The number of carboxylic acid groups (broad SMARTS) is 1. The number of nitrogens with zero attached hydrogens (tertiary/aromatic N) is 1. The Morgan fingerprint density at radius 3 is 2.55 bits per heavy atom. The van der Waals surface area contributed by atoms with E-state index in [1.54, 1.807) is 25.2 Å². The van der Waals surface area contributed by atoms with Crippen LogP contribution in [0.1, 0.15) is 26.4 Å². The van der Waals surface area contributed by atoms with E-state index in [0.29, 0.717) is 17.0 Å². The number of aromatic carboxylic acids is 1. The number of benzene rings is 1. The molecule has 2 rings (SSSR count). The minimum absolute atomic E-state index is 0.0442. The number of carbonyl (C=O) groups is 2. The van der Waals surface area contributed by atoms with E-state index in [1.165, 1.54) is 23.9 Å². The minimum atomic E-state index is -1.09. The number of methoxy groups -OCH3 is 1. The molecule has 2 aromatic rings. The van der Waals surface area contributed by atoms with E-state index in [0.717, 1.165) is 0 Å². The number of nitrogen functional groups attached to an aromatic ring is 1. The van der Waals surface area contributed by atoms with Gasteiger partial charge in [0.15, 0.2) is 5.78 Å². The van der Waals surface area contributed by atoms with Crippen LogP contribution in [0.15, 0.2) is 30.5 Å². The van der Waals surface area contributed by atoms with Crippen LogP contribution in [0.5, 0.6) is 5.75 Å². The number of hydrogen-bond acceptors (Lipinski definition) is 4. The molecule has 0 aliphatic heterocycles. The van der Waals surface area contributed by atoms with Gasteiger partial charge in [0.1, 0.15) is 11.4 Å². The van der Waals surface area contributed by atoms with Crippen molar-refractivity contribution in [3.05, 3.63) is 47.3 Å². The third-order valence-electron chi connectivity index (χ3n) is 2.96. The summed E-state index contributed by atoms with van der Waals surface area (Å²) in [5, 5.41) is 9.00. The summed E-state index contributed by atoms with van der Waals surface area (Å²) in [6.45, 7) is 0. The Morgan fingerprint density at radius 2 is 2.00 bits per heavy atom. The summed E-state index contributed by atoms with van der Waals surface area (Å²) in [5.41, 5.74) is 6.79. The van der Waals surface area contributed by atoms with Crippen LogP contribution in [-0.4, -0.2) is 28.5 Å². The van der Waals surface area contributed by atoms with Crippen molar-refractivity contribution in [3.63, 3.8) is 0 Å². The molecule has 0 atom stereocenters. The highest BCUT2D eigenvalue weighted by atomic mass is 16.5. The zero-order chi connectivity index (χ0) is 14.9. The Hall–Kier alpha value is -2.76. The van der Waals surface area contributed by atoms with Gasteiger partial charge in [-0.25, -0.2) is 4.79 Å². The normalized spacial score (nSPS) is 10.3. The van der Waals surface area contributed by atoms with Crippen LogP contribution in [0.2, 0.25) is 0 Å². The molecule has 6 heteroatoms. The molecule has 0 saturated carbocycles. The molecular weight excluding hydrogens is 260 g/mol. The highest BCUT2D eigenvalue weighted by Crippen LogP contribution is 2.24. The van der Waals surface area contributed by atoms with Gasteiger partial charge in [-0.1, -0.05) is 0 Å². The van der Waals surface area contributed by atoms with Gasteiger partial charge in [-0.05, 0) is 18.2 Å². The number of aryl methyl sites for hydroxylation is 1. The summed E-state index contributed by atoms with van der Waals surface area (Å²) >= 11 is 0. The predicted molar refractivity (Wildman–Crippen MR) is 73.2 cm³/mol. The first kappa shape index (κ1) is 13.7. The second-order valence-electron chi connectivity index (χ2n) is 4.32. The van der Waals surface area contributed by atoms with Gasteiger partial charge in [-0.2, -0.15) is 0 Å². The first-order valence-corrected chi connectivity index (χ1v) is 5.82. The maximum atomic E-state index is 12.4. The molecule has 0 radical (unpaired) electrons. The van der Waals surface area contributed by atoms with Gasteiger partial charge < -0.3 is 20.1 Å². The average molecular weight is 274 g/mol. The molecule has 1 heterocycles. The first-order chi connectivity index (χ1) is 9.43. The van der Waals surface area contributed by atoms with E-state index in [9.17, 15) is 9.59 Å². The molecule has 1 aromatic carbocycles. The minimum Gasteiger partial charge on any atom is -0.496 e. The largest absolute Gasteiger partial charge is 0.496 e. The monoisotopic (exact) mass is 274 g/mol. The number of ketones is 1. The molecule has 0 unspecified atom stereocenters. The highest BCUT2D eigenvalue weighted by Gasteiger charge is 2.19. The number of carbonyl (C=O) groups excluding carboxylic acids is 1. The molecule has 3 N–H and O–H groups in total. The summed E-state index contributed by atoms with van der Waals surface area (Å²) in [7, 11) is 3.01. The van der Waals surface area contributed by atoms with E-state index in [-0.39, 0.29) is 17.0 Å². The van der Waals surface area contributed by atoms with Crippen molar-refractivity contribution in [3.8, 4) is 5.75 Å². The van der Waals surface area contributed by atoms with E-state index in [1.807, 2.05) is 0 Å². The molecule has 0 aliphatic carbocycles. The van der Waals surface area contributed by atoms with E-state index in [4.69, 9.17) is 15.6 Å². The molecule has 0 saturated heterocycles. The maximum Gasteiger partial charge on any atom is 0.352 e. The summed E-state index contributed by atoms with van der Waals surface area (Å²) in [6, 6.07) is 6.04. The number of nitrogens with two attached hydrogens (primary N) is 1. The molecule has 20 heavy (non-hydrogen) atoms. The lowest BCUT2D eigenvalue weighted by molar-refractivity contribution is 0.0686. The SMILES string of the molecule is COc1cc(N)ccc1C(=O)c1cc(C(=O)O)n(C)c1. The Morgan fingerprint density at radius 1 is 1.30 bits per heavy atom. The number of hydrogen-bond donors (Lipinski definition) is 2. The number of rotatable bonds is 4. The summed E-state index contributed by atoms with van der Waals surface area (Å²) < 4.78 is 6.52. The molecule has 0 bridgehead atoms. The molecule has 104 valence electrons. The van der Waals surface area contributed by atoms with Crippen LogP contribution < -0.4 is 10.5 Å². The van der Waals surface area contributed by atoms with Crippen molar-refractivity contribution >= 4 is 17.4 Å². The van der Waals surface area contributed by atoms with Gasteiger partial charge in [0, 0.05) is 30.6 Å². The molecule has 0 spiro atoms. The number of aromatic nitrogens is 1. The Kier molecular flexibility index (Phi) is 3.47. The number of ether oxygens (including phenoxy) is 1. The van der Waals surface area contributed by atoms with E-state index in [2.05, 4.69) is 0 Å². The van der Waals surface area contributed by atoms with Crippen molar-refractivity contribution in [2.75, 3.05) is 12.8 Å². The summed E-state index contributed by atoms with van der Waals surface area (Å²) in [4.78, 5) is 23.4. The molecule has 0 fully saturated rings. The number of carboxylic acids is 1. The number of anilines is 1. The molecular formula is C14H14N2O4. The quantitative estimate of drug-likeness (QED) is 0.651. The van der Waals surface area contributed by atoms with Gasteiger partial charge >= 0.3 is 5.97 Å². The molecule has 6 nitrogen and oxygen atoms in total. The fraction of sp³-hybridized carbons (Fsp3) is 0.143. The van der Waals surface area contributed by atoms with Crippen LogP contribution in [0.3, 0.4) is 0 Å². The lowest BCUT2D eigenvalue weighted by Crippen LogP contribution is -2.03. The third kappa shape index (κ3) is 2.35. The van der Waals surface area contributed by atoms with Crippen molar-refractivity contribution in [2.24, 2.45) is 7.05 Å².